The van der Waals surface area contributed by atoms with E-state index in [1.54, 1.807) is 11.0 Å². The van der Waals surface area contributed by atoms with Crippen LogP contribution in [0.5, 0.6) is 5.75 Å². The number of nitrogens with zero attached hydrogens (tertiary/aromatic N) is 4. The predicted octanol–water partition coefficient (Wildman–Crippen LogP) is 3.87. The number of para-hydroxylation sites is 1. The zero-order valence-corrected chi connectivity index (χ0v) is 14.9. The van der Waals surface area contributed by atoms with E-state index in [2.05, 4.69) is 15.2 Å². The number of ether oxygens (including phenoxy) is 1. The van der Waals surface area contributed by atoms with Crippen LogP contribution in [0.4, 0.5) is 0 Å². The molecule has 7 heteroatoms. The zero-order chi connectivity index (χ0) is 17.9. The summed E-state index contributed by atoms with van der Waals surface area (Å²) in [5.74, 6) is 0.783. The molecular formula is C19H17ClN4O2. The highest BCUT2D eigenvalue weighted by atomic mass is 35.5. The lowest BCUT2D eigenvalue weighted by atomic mass is 9.95. The van der Waals surface area contributed by atoms with Gasteiger partial charge >= 0.3 is 0 Å². The summed E-state index contributed by atoms with van der Waals surface area (Å²) >= 11 is 5.92. The number of rotatable bonds is 4. The van der Waals surface area contributed by atoms with Crippen molar-refractivity contribution in [3.63, 3.8) is 0 Å². The smallest absolute Gasteiger partial charge is 0.142 e. The van der Waals surface area contributed by atoms with Crippen molar-refractivity contribution in [2.75, 3.05) is 0 Å². The van der Waals surface area contributed by atoms with Gasteiger partial charge in [-0.15, -0.1) is 0 Å². The number of hydrogen-bond donors (Lipinski definition) is 0. The average molecular weight is 369 g/mol. The Bertz CT molecular complexity index is 910. The van der Waals surface area contributed by atoms with Gasteiger partial charge in [-0.2, -0.15) is 5.10 Å². The highest BCUT2D eigenvalue weighted by Gasteiger charge is 2.35. The molecule has 1 aromatic heterocycles. The Hall–Kier alpha value is -2.86. The number of fused-ring (bicyclic) bond motifs is 1. The largest absolute Gasteiger partial charge is 0.487 e. The van der Waals surface area contributed by atoms with E-state index in [-0.39, 0.29) is 12.1 Å². The molecule has 3 aromatic rings. The van der Waals surface area contributed by atoms with Crippen molar-refractivity contribution in [3.8, 4) is 5.75 Å². The lowest BCUT2D eigenvalue weighted by Gasteiger charge is -2.32. The van der Waals surface area contributed by atoms with Gasteiger partial charge < -0.3 is 9.57 Å². The van der Waals surface area contributed by atoms with Crippen molar-refractivity contribution in [1.29, 1.82) is 0 Å². The molecule has 0 spiro atoms. The molecule has 1 aliphatic heterocycles. The second kappa shape index (κ2) is 7.17. The molecule has 2 atom stereocenters. The minimum atomic E-state index is -0.224. The fourth-order valence-electron chi connectivity index (χ4n) is 2.99. The molecule has 132 valence electrons. The summed E-state index contributed by atoms with van der Waals surface area (Å²) in [5, 5.41) is 9.40. The van der Waals surface area contributed by atoms with Crippen LogP contribution in [0.15, 0.2) is 66.3 Å². The molecule has 26 heavy (non-hydrogen) atoms. The van der Waals surface area contributed by atoms with Crippen molar-refractivity contribution in [1.82, 2.24) is 14.8 Å². The second-order valence-electron chi connectivity index (χ2n) is 6.02. The van der Waals surface area contributed by atoms with Gasteiger partial charge in [-0.05, 0) is 36.8 Å². The molecule has 0 saturated heterocycles. The van der Waals surface area contributed by atoms with Gasteiger partial charge in [0.1, 0.15) is 42.9 Å². The first-order valence-corrected chi connectivity index (χ1v) is 8.64. The Balaban J connectivity index is 1.65. The van der Waals surface area contributed by atoms with Gasteiger partial charge in [0, 0.05) is 10.6 Å². The molecule has 1 aliphatic rings. The number of hydrogen-bond acceptors (Lipinski definition) is 5. The third-order valence-electron chi connectivity index (χ3n) is 4.23. The van der Waals surface area contributed by atoms with Crippen molar-refractivity contribution in [2.45, 2.75) is 25.7 Å². The number of benzene rings is 2. The first-order valence-electron chi connectivity index (χ1n) is 8.27. The monoisotopic (exact) mass is 368 g/mol. The van der Waals surface area contributed by atoms with Gasteiger partial charge in [-0.3, -0.25) is 0 Å². The van der Waals surface area contributed by atoms with Gasteiger partial charge in [0.05, 0.1) is 0 Å². The average Bonchev–Trinajstić information content (AvgIpc) is 3.17. The first kappa shape index (κ1) is 16.6. The Morgan fingerprint density at radius 1 is 1.19 bits per heavy atom. The maximum Gasteiger partial charge on any atom is 0.142 e. The highest BCUT2D eigenvalue weighted by molar-refractivity contribution is 6.30. The quantitative estimate of drug-likeness (QED) is 0.656. The van der Waals surface area contributed by atoms with Crippen molar-refractivity contribution >= 4 is 17.3 Å². The highest BCUT2D eigenvalue weighted by Crippen LogP contribution is 2.33. The van der Waals surface area contributed by atoms with Gasteiger partial charge in [0.25, 0.3) is 0 Å². The number of halogens is 1. The molecule has 2 aromatic carbocycles. The fraction of sp³-hybridized carbons (Fsp3) is 0.211. The first-order chi connectivity index (χ1) is 12.7. The normalized spacial score (nSPS) is 20.5. The Morgan fingerprint density at radius 2 is 2.00 bits per heavy atom. The number of aromatic nitrogens is 3. The fourth-order valence-corrected chi connectivity index (χ4v) is 3.11. The maximum atomic E-state index is 6.04. The van der Waals surface area contributed by atoms with Crippen molar-refractivity contribution in [2.24, 2.45) is 5.16 Å². The van der Waals surface area contributed by atoms with E-state index in [1.165, 1.54) is 6.33 Å². The van der Waals surface area contributed by atoms with E-state index >= 15 is 0 Å². The summed E-state index contributed by atoms with van der Waals surface area (Å²) in [6.45, 7) is 2.33. The third-order valence-corrected chi connectivity index (χ3v) is 4.48. The molecule has 0 N–H and O–H groups in total. The van der Waals surface area contributed by atoms with Crippen LogP contribution in [0, 0.1) is 0 Å². The van der Waals surface area contributed by atoms with E-state index < -0.39 is 0 Å². The predicted molar refractivity (Wildman–Crippen MR) is 98.4 cm³/mol. The number of oxime groups is 1. The minimum Gasteiger partial charge on any atom is -0.487 e. The molecule has 0 saturated carbocycles. The van der Waals surface area contributed by atoms with E-state index in [4.69, 9.17) is 21.2 Å². The van der Waals surface area contributed by atoms with Crippen LogP contribution in [0.2, 0.25) is 5.02 Å². The Morgan fingerprint density at radius 3 is 2.77 bits per heavy atom. The molecule has 0 bridgehead atoms. The van der Waals surface area contributed by atoms with E-state index in [0.717, 1.165) is 22.6 Å². The standard InChI is InChI=1S/C19H17ClN4O2/c1-13-19(24-12-21-11-22-24)18(16-4-2-3-5-17(16)26-13)23-25-10-14-6-8-15(20)9-7-14/h2-9,11-13,19H,10H2,1H3/b23-18+/t13-,19+/m0/s1. The topological polar surface area (TPSA) is 61.5 Å². The molecule has 4 rings (SSSR count). The molecule has 0 radical (unpaired) electrons. The van der Waals surface area contributed by atoms with Gasteiger partial charge in [-0.1, -0.05) is 41.0 Å². The van der Waals surface area contributed by atoms with Crippen LogP contribution < -0.4 is 4.74 Å². The van der Waals surface area contributed by atoms with Crippen molar-refractivity contribution in [3.05, 3.63) is 77.3 Å². The molecule has 0 fully saturated rings. The molecular weight excluding hydrogens is 352 g/mol. The van der Waals surface area contributed by atoms with Crippen LogP contribution in [-0.2, 0) is 11.4 Å². The SMILES string of the molecule is C[C@@H]1Oc2ccccc2/C(=N\OCc2ccc(Cl)cc2)[C@@H]1n1cncn1. The lowest BCUT2D eigenvalue weighted by Crippen LogP contribution is -2.38. The summed E-state index contributed by atoms with van der Waals surface area (Å²) in [5.41, 5.74) is 2.64. The summed E-state index contributed by atoms with van der Waals surface area (Å²) < 4.78 is 7.78. The van der Waals surface area contributed by atoms with Crippen LogP contribution in [-0.4, -0.2) is 26.6 Å². The van der Waals surface area contributed by atoms with E-state index in [0.29, 0.717) is 11.6 Å². The summed E-state index contributed by atoms with van der Waals surface area (Å²) in [6.07, 6.45) is 3.00. The van der Waals surface area contributed by atoms with Crippen LogP contribution in [0.1, 0.15) is 24.1 Å². The maximum absolute atomic E-state index is 6.04. The third kappa shape index (κ3) is 3.28. The summed E-state index contributed by atoms with van der Waals surface area (Å²) in [4.78, 5) is 9.71. The minimum absolute atomic E-state index is 0.163. The Labute approximate surface area is 156 Å². The van der Waals surface area contributed by atoms with E-state index in [9.17, 15) is 0 Å². The molecule has 0 amide bonds. The lowest BCUT2D eigenvalue weighted by molar-refractivity contribution is 0.120. The van der Waals surface area contributed by atoms with Crippen LogP contribution >= 0.6 is 11.6 Å². The second-order valence-corrected chi connectivity index (χ2v) is 6.45. The zero-order valence-electron chi connectivity index (χ0n) is 14.1. The molecule has 0 unspecified atom stereocenters. The summed E-state index contributed by atoms with van der Waals surface area (Å²) in [7, 11) is 0. The van der Waals surface area contributed by atoms with Gasteiger partial charge in [0.15, 0.2) is 0 Å². The Kier molecular flexibility index (Phi) is 4.58. The van der Waals surface area contributed by atoms with Crippen LogP contribution in [0.25, 0.3) is 0 Å². The molecule has 0 aliphatic carbocycles. The van der Waals surface area contributed by atoms with Crippen molar-refractivity contribution < 1.29 is 9.57 Å². The molecule has 2 heterocycles. The van der Waals surface area contributed by atoms with Crippen LogP contribution in [0.3, 0.4) is 0 Å². The van der Waals surface area contributed by atoms with Gasteiger partial charge in [-0.25, -0.2) is 9.67 Å². The van der Waals surface area contributed by atoms with Gasteiger partial charge in [0.2, 0.25) is 0 Å². The van der Waals surface area contributed by atoms with E-state index in [1.807, 2.05) is 55.5 Å². The summed E-state index contributed by atoms with van der Waals surface area (Å²) in [6, 6.07) is 15.1. The molecule has 6 nitrogen and oxygen atoms in total.